The van der Waals surface area contributed by atoms with E-state index in [1.54, 1.807) is 19.1 Å². The second-order valence-electron chi connectivity index (χ2n) is 3.14. The van der Waals surface area contributed by atoms with Crippen molar-refractivity contribution in [2.45, 2.75) is 13.3 Å². The van der Waals surface area contributed by atoms with Gasteiger partial charge < -0.3 is 10.5 Å². The number of benzene rings is 1. The van der Waals surface area contributed by atoms with Gasteiger partial charge in [-0.15, -0.1) is 0 Å². The lowest BCUT2D eigenvalue weighted by atomic mass is 10.2. The Morgan fingerprint density at radius 2 is 2.00 bits per heavy atom. The molecule has 2 N–H and O–H groups in total. The molecule has 0 unspecified atom stereocenters. The highest BCUT2D eigenvalue weighted by molar-refractivity contribution is 6.39. The second kappa shape index (κ2) is 6.39. The molecule has 0 aliphatic rings. The van der Waals surface area contributed by atoms with Crippen LogP contribution in [0.2, 0.25) is 10.0 Å². The van der Waals surface area contributed by atoms with E-state index in [0.29, 0.717) is 27.9 Å². The Bertz CT molecular complexity index is 466. The summed E-state index contributed by atoms with van der Waals surface area (Å²) in [7, 11) is 0. The fourth-order valence-corrected chi connectivity index (χ4v) is 1.57. The molecule has 0 atom stereocenters. The zero-order chi connectivity index (χ0) is 12.8. The summed E-state index contributed by atoms with van der Waals surface area (Å²) in [5.74, 6) is 5.09. The molecule has 0 radical (unpaired) electrons. The van der Waals surface area contributed by atoms with Gasteiger partial charge in [0.25, 0.3) is 0 Å². The summed E-state index contributed by atoms with van der Waals surface area (Å²) in [6.45, 7) is 2.09. The Balaban J connectivity index is 2.76. The molecule has 0 aromatic heterocycles. The Labute approximate surface area is 110 Å². The highest BCUT2D eigenvalue weighted by atomic mass is 35.5. The molecule has 0 aliphatic carbocycles. The minimum atomic E-state index is -0.354. The van der Waals surface area contributed by atoms with Crippen LogP contribution in [-0.4, -0.2) is 12.6 Å². The van der Waals surface area contributed by atoms with Crippen molar-refractivity contribution in [2.75, 3.05) is 12.3 Å². The minimum absolute atomic E-state index is 0.0352. The molecule has 0 saturated heterocycles. The van der Waals surface area contributed by atoms with E-state index in [0.717, 1.165) is 0 Å². The third-order valence-electron chi connectivity index (χ3n) is 1.85. The number of carbonyl (C=O) groups excluding carboxylic acids is 1. The van der Waals surface area contributed by atoms with Crippen LogP contribution in [0.5, 0.6) is 0 Å². The topological polar surface area (TPSA) is 52.3 Å². The molecule has 5 heteroatoms. The van der Waals surface area contributed by atoms with Gasteiger partial charge in [0, 0.05) is 5.56 Å². The van der Waals surface area contributed by atoms with Gasteiger partial charge in [0.1, 0.15) is 6.42 Å². The maximum Gasteiger partial charge on any atom is 0.317 e. The number of carbonyl (C=O) groups is 1. The number of halogens is 2. The number of rotatable bonds is 2. The quantitative estimate of drug-likeness (QED) is 0.511. The van der Waals surface area contributed by atoms with Crippen LogP contribution < -0.4 is 5.73 Å². The van der Waals surface area contributed by atoms with Crippen molar-refractivity contribution in [2.24, 2.45) is 0 Å². The minimum Gasteiger partial charge on any atom is -0.465 e. The van der Waals surface area contributed by atoms with Gasteiger partial charge in [-0.1, -0.05) is 35.0 Å². The lowest BCUT2D eigenvalue weighted by Gasteiger charge is -2.01. The molecule has 0 saturated carbocycles. The monoisotopic (exact) mass is 271 g/mol. The van der Waals surface area contributed by atoms with Crippen molar-refractivity contribution in [1.29, 1.82) is 0 Å². The van der Waals surface area contributed by atoms with Gasteiger partial charge in [0.05, 0.1) is 22.3 Å². The molecule has 1 rings (SSSR count). The van der Waals surface area contributed by atoms with Crippen LogP contribution in [0.3, 0.4) is 0 Å². The van der Waals surface area contributed by atoms with Gasteiger partial charge in [0.15, 0.2) is 0 Å². The summed E-state index contributed by atoms with van der Waals surface area (Å²) in [6, 6.07) is 3.20. The van der Waals surface area contributed by atoms with Crippen molar-refractivity contribution < 1.29 is 9.53 Å². The molecule has 17 heavy (non-hydrogen) atoms. The summed E-state index contributed by atoms with van der Waals surface area (Å²) < 4.78 is 4.73. The highest BCUT2D eigenvalue weighted by Crippen LogP contribution is 2.28. The number of hydrogen-bond donors (Lipinski definition) is 1. The van der Waals surface area contributed by atoms with Crippen molar-refractivity contribution >= 4 is 34.9 Å². The molecule has 0 amide bonds. The average Bonchev–Trinajstić information content (AvgIpc) is 2.26. The zero-order valence-electron chi connectivity index (χ0n) is 9.22. The molecule has 1 aromatic carbocycles. The summed E-state index contributed by atoms with van der Waals surface area (Å²) in [5.41, 5.74) is 6.51. The summed E-state index contributed by atoms with van der Waals surface area (Å²) >= 11 is 11.7. The molecular weight excluding hydrogens is 261 g/mol. The molecule has 0 bridgehead atoms. The largest absolute Gasteiger partial charge is 0.465 e. The van der Waals surface area contributed by atoms with E-state index in [1.165, 1.54) is 0 Å². The van der Waals surface area contributed by atoms with Gasteiger partial charge in [-0.2, -0.15) is 0 Å². The number of anilines is 1. The Kier molecular flexibility index (Phi) is 5.14. The van der Waals surface area contributed by atoms with Crippen LogP contribution in [0.4, 0.5) is 5.69 Å². The standard InChI is InChI=1S/C12H11Cl2NO2/c1-2-17-11(16)5-3-4-8-6-9(13)12(15)10(14)7-8/h6-7H,2,5,15H2,1H3. The first-order valence-electron chi connectivity index (χ1n) is 4.93. The fourth-order valence-electron chi connectivity index (χ4n) is 1.09. The molecule has 3 nitrogen and oxygen atoms in total. The van der Waals surface area contributed by atoms with E-state index < -0.39 is 0 Å². The zero-order valence-corrected chi connectivity index (χ0v) is 10.7. The Morgan fingerprint density at radius 3 is 2.53 bits per heavy atom. The van der Waals surface area contributed by atoms with Crippen LogP contribution >= 0.6 is 23.2 Å². The van der Waals surface area contributed by atoms with Crippen LogP contribution in [0.25, 0.3) is 0 Å². The summed E-state index contributed by atoms with van der Waals surface area (Å²) in [5, 5.41) is 0.691. The third kappa shape index (κ3) is 4.18. The fraction of sp³-hybridized carbons (Fsp3) is 0.250. The van der Waals surface area contributed by atoms with E-state index in [2.05, 4.69) is 11.8 Å². The van der Waals surface area contributed by atoms with E-state index in [4.69, 9.17) is 33.7 Å². The Hall–Kier alpha value is -1.37. The van der Waals surface area contributed by atoms with E-state index in [-0.39, 0.29) is 12.4 Å². The first-order valence-corrected chi connectivity index (χ1v) is 5.69. The summed E-state index contributed by atoms with van der Waals surface area (Å²) in [6.07, 6.45) is 0.0352. The molecule has 1 aromatic rings. The number of esters is 1. The number of hydrogen-bond acceptors (Lipinski definition) is 3. The molecular formula is C12H11Cl2NO2. The summed E-state index contributed by atoms with van der Waals surface area (Å²) in [4.78, 5) is 11.0. The maximum atomic E-state index is 11.0. The van der Waals surface area contributed by atoms with Gasteiger partial charge in [-0.25, -0.2) is 0 Å². The number of ether oxygens (including phenoxy) is 1. The first kappa shape index (κ1) is 13.7. The van der Waals surface area contributed by atoms with Crippen molar-refractivity contribution in [3.63, 3.8) is 0 Å². The normalized spacial score (nSPS) is 9.35. The molecule has 90 valence electrons. The predicted molar refractivity (Wildman–Crippen MR) is 69.0 cm³/mol. The van der Waals surface area contributed by atoms with E-state index >= 15 is 0 Å². The number of nitrogens with two attached hydrogens (primary N) is 1. The first-order chi connectivity index (χ1) is 8.04. The molecule has 0 heterocycles. The highest BCUT2D eigenvalue weighted by Gasteiger charge is 2.03. The maximum absolute atomic E-state index is 11.0. The average molecular weight is 272 g/mol. The lowest BCUT2D eigenvalue weighted by molar-refractivity contribution is -0.141. The van der Waals surface area contributed by atoms with Crippen LogP contribution in [0, 0.1) is 11.8 Å². The SMILES string of the molecule is CCOC(=O)CC#Cc1cc(Cl)c(N)c(Cl)c1. The van der Waals surface area contributed by atoms with Gasteiger partial charge in [-0.05, 0) is 19.1 Å². The van der Waals surface area contributed by atoms with Crippen LogP contribution in [-0.2, 0) is 9.53 Å². The van der Waals surface area contributed by atoms with Crippen molar-refractivity contribution in [1.82, 2.24) is 0 Å². The van der Waals surface area contributed by atoms with E-state index in [1.807, 2.05) is 0 Å². The smallest absolute Gasteiger partial charge is 0.317 e. The van der Waals surface area contributed by atoms with Crippen molar-refractivity contribution in [3.8, 4) is 11.8 Å². The third-order valence-corrected chi connectivity index (χ3v) is 2.48. The Morgan fingerprint density at radius 1 is 1.41 bits per heavy atom. The lowest BCUT2D eigenvalue weighted by Crippen LogP contribution is -2.01. The molecule has 0 aliphatic heterocycles. The molecule has 0 spiro atoms. The van der Waals surface area contributed by atoms with Crippen LogP contribution in [0.15, 0.2) is 12.1 Å². The van der Waals surface area contributed by atoms with Gasteiger partial charge in [0.2, 0.25) is 0 Å². The number of nitrogen functional groups attached to an aromatic ring is 1. The van der Waals surface area contributed by atoms with E-state index in [9.17, 15) is 4.79 Å². The van der Waals surface area contributed by atoms with Gasteiger partial charge >= 0.3 is 5.97 Å². The van der Waals surface area contributed by atoms with Crippen molar-refractivity contribution in [3.05, 3.63) is 27.7 Å². The second-order valence-corrected chi connectivity index (χ2v) is 3.95. The van der Waals surface area contributed by atoms with Gasteiger partial charge in [-0.3, -0.25) is 4.79 Å². The predicted octanol–water partition coefficient (Wildman–Crippen LogP) is 2.88. The van der Waals surface area contributed by atoms with Crippen LogP contribution in [0.1, 0.15) is 18.9 Å². The molecule has 0 fully saturated rings.